The highest BCUT2D eigenvalue weighted by molar-refractivity contribution is 5.96. The van der Waals surface area contributed by atoms with Gasteiger partial charge in [0.25, 0.3) is 5.91 Å². The van der Waals surface area contributed by atoms with Gasteiger partial charge >= 0.3 is 0 Å². The van der Waals surface area contributed by atoms with E-state index in [1.807, 2.05) is 31.2 Å². The predicted molar refractivity (Wildman–Crippen MR) is 111 cm³/mol. The van der Waals surface area contributed by atoms with E-state index in [0.29, 0.717) is 36.2 Å². The van der Waals surface area contributed by atoms with Crippen molar-refractivity contribution in [3.8, 4) is 11.5 Å². The lowest BCUT2D eigenvalue weighted by Crippen LogP contribution is -2.38. The van der Waals surface area contributed by atoms with Gasteiger partial charge in [0.2, 0.25) is 0 Å². The van der Waals surface area contributed by atoms with Gasteiger partial charge in [-0.05, 0) is 56.0 Å². The standard InChI is InChI=1S/C23H25N3O3/c1-14-11-20-21(29-10-9-28-20)13-17(14)23(27)24-16-6-4-5-15(12-16)22-25-18-7-2-3-8-19(18)26-22/h2-3,7-8,11,13,15-16H,4-6,9-10,12H2,1H3,(H,24,27)(H,25,26)/t15-,16+/m0/s1. The van der Waals surface area contributed by atoms with E-state index in [1.54, 1.807) is 6.07 Å². The number of imidazole rings is 1. The molecule has 0 bridgehead atoms. The molecule has 2 aromatic carbocycles. The number of fused-ring (bicyclic) bond motifs is 2. The molecule has 1 aromatic heterocycles. The fourth-order valence-electron chi connectivity index (χ4n) is 4.43. The van der Waals surface area contributed by atoms with Crippen LogP contribution in [0, 0.1) is 6.92 Å². The van der Waals surface area contributed by atoms with E-state index < -0.39 is 0 Å². The second-order valence-electron chi connectivity index (χ2n) is 7.98. The van der Waals surface area contributed by atoms with Gasteiger partial charge in [0.1, 0.15) is 19.0 Å². The molecule has 1 aliphatic carbocycles. The second-order valence-corrected chi connectivity index (χ2v) is 7.98. The molecule has 29 heavy (non-hydrogen) atoms. The van der Waals surface area contributed by atoms with Crippen molar-refractivity contribution in [2.45, 2.75) is 44.6 Å². The van der Waals surface area contributed by atoms with E-state index in [1.165, 1.54) is 0 Å². The van der Waals surface area contributed by atoms with Gasteiger partial charge in [-0.2, -0.15) is 0 Å². The van der Waals surface area contributed by atoms with Crippen LogP contribution in [0.15, 0.2) is 36.4 Å². The Morgan fingerprint density at radius 3 is 2.76 bits per heavy atom. The number of aryl methyl sites for hydroxylation is 1. The molecule has 0 radical (unpaired) electrons. The summed E-state index contributed by atoms with van der Waals surface area (Å²) in [4.78, 5) is 21.2. The van der Waals surface area contributed by atoms with Gasteiger partial charge in [0.15, 0.2) is 11.5 Å². The number of ether oxygens (including phenoxy) is 2. The highest BCUT2D eigenvalue weighted by Crippen LogP contribution is 2.35. The van der Waals surface area contributed by atoms with Crippen LogP contribution in [-0.2, 0) is 0 Å². The normalized spacial score (nSPS) is 21.1. The highest BCUT2D eigenvalue weighted by Gasteiger charge is 2.27. The third-order valence-corrected chi connectivity index (χ3v) is 5.94. The van der Waals surface area contributed by atoms with Crippen molar-refractivity contribution in [1.29, 1.82) is 0 Å². The number of nitrogens with one attached hydrogen (secondary N) is 2. The monoisotopic (exact) mass is 391 g/mol. The first-order valence-corrected chi connectivity index (χ1v) is 10.3. The third kappa shape index (κ3) is 3.55. The molecule has 0 saturated heterocycles. The first-order chi connectivity index (χ1) is 14.2. The molecule has 6 heteroatoms. The van der Waals surface area contributed by atoms with Crippen LogP contribution in [0.3, 0.4) is 0 Å². The van der Waals surface area contributed by atoms with E-state index in [4.69, 9.17) is 14.5 Å². The molecule has 6 nitrogen and oxygen atoms in total. The minimum Gasteiger partial charge on any atom is -0.486 e. The number of aromatic amines is 1. The Bertz CT molecular complexity index is 1030. The Hall–Kier alpha value is -3.02. The van der Waals surface area contributed by atoms with Crippen LogP contribution in [0.2, 0.25) is 0 Å². The summed E-state index contributed by atoms with van der Waals surface area (Å²) in [5.41, 5.74) is 3.62. The van der Waals surface area contributed by atoms with E-state index in [9.17, 15) is 4.79 Å². The topological polar surface area (TPSA) is 76.2 Å². The Balaban J connectivity index is 1.31. The van der Waals surface area contributed by atoms with Crippen LogP contribution in [-0.4, -0.2) is 35.1 Å². The quantitative estimate of drug-likeness (QED) is 0.705. The summed E-state index contributed by atoms with van der Waals surface area (Å²) in [6.07, 6.45) is 4.06. The number of hydrogen-bond acceptors (Lipinski definition) is 4. The Labute approximate surface area is 169 Å². The highest BCUT2D eigenvalue weighted by atomic mass is 16.6. The molecule has 0 unspecified atom stereocenters. The smallest absolute Gasteiger partial charge is 0.251 e. The lowest BCUT2D eigenvalue weighted by atomic mass is 9.85. The third-order valence-electron chi connectivity index (χ3n) is 5.94. The maximum Gasteiger partial charge on any atom is 0.251 e. The van der Waals surface area contributed by atoms with Crippen molar-refractivity contribution in [2.24, 2.45) is 0 Å². The number of carbonyl (C=O) groups excluding carboxylic acids is 1. The summed E-state index contributed by atoms with van der Waals surface area (Å²) in [7, 11) is 0. The molecule has 1 saturated carbocycles. The number of nitrogens with zero attached hydrogens (tertiary/aromatic N) is 1. The first-order valence-electron chi connectivity index (χ1n) is 10.3. The number of amides is 1. The Kier molecular flexibility index (Phi) is 4.62. The van der Waals surface area contributed by atoms with Crippen molar-refractivity contribution in [2.75, 3.05) is 13.2 Å². The number of H-pyrrole nitrogens is 1. The molecule has 150 valence electrons. The maximum atomic E-state index is 13.0. The first kappa shape index (κ1) is 18.0. The lowest BCUT2D eigenvalue weighted by molar-refractivity contribution is 0.0922. The van der Waals surface area contributed by atoms with Crippen molar-refractivity contribution >= 4 is 16.9 Å². The second kappa shape index (κ2) is 7.43. The van der Waals surface area contributed by atoms with Gasteiger partial charge in [-0.25, -0.2) is 4.98 Å². The largest absolute Gasteiger partial charge is 0.486 e. The molecular formula is C23H25N3O3. The SMILES string of the molecule is Cc1cc2c(cc1C(=O)N[C@@H]1CCC[C@H](c3nc4ccccc4[nH]3)C1)OCCO2. The van der Waals surface area contributed by atoms with Crippen LogP contribution in [0.4, 0.5) is 0 Å². The molecule has 1 aliphatic heterocycles. The molecule has 2 aliphatic rings. The van der Waals surface area contributed by atoms with Crippen molar-refractivity contribution in [1.82, 2.24) is 15.3 Å². The van der Waals surface area contributed by atoms with E-state index in [0.717, 1.165) is 48.1 Å². The fraction of sp³-hybridized carbons (Fsp3) is 0.391. The molecule has 2 heterocycles. The molecular weight excluding hydrogens is 366 g/mol. The zero-order valence-electron chi connectivity index (χ0n) is 16.5. The number of para-hydroxylation sites is 2. The molecule has 2 N–H and O–H groups in total. The van der Waals surface area contributed by atoms with Crippen molar-refractivity contribution in [3.05, 3.63) is 53.3 Å². The number of benzene rings is 2. The Morgan fingerprint density at radius 2 is 1.93 bits per heavy atom. The molecule has 1 amide bonds. The number of hydrogen-bond donors (Lipinski definition) is 2. The fourth-order valence-corrected chi connectivity index (χ4v) is 4.43. The predicted octanol–water partition coefficient (Wildman–Crippen LogP) is 4.10. The summed E-state index contributed by atoms with van der Waals surface area (Å²) in [5.74, 6) is 2.68. The van der Waals surface area contributed by atoms with E-state index in [2.05, 4.69) is 16.4 Å². The summed E-state index contributed by atoms with van der Waals surface area (Å²) >= 11 is 0. The summed E-state index contributed by atoms with van der Waals surface area (Å²) < 4.78 is 11.3. The van der Waals surface area contributed by atoms with Gasteiger partial charge in [-0.1, -0.05) is 18.6 Å². The van der Waals surface area contributed by atoms with Crippen LogP contribution < -0.4 is 14.8 Å². The maximum absolute atomic E-state index is 13.0. The molecule has 0 spiro atoms. The molecule has 2 atom stereocenters. The van der Waals surface area contributed by atoms with Gasteiger partial charge < -0.3 is 19.8 Å². The van der Waals surface area contributed by atoms with E-state index >= 15 is 0 Å². The molecule has 5 rings (SSSR count). The number of rotatable bonds is 3. The summed E-state index contributed by atoms with van der Waals surface area (Å²) in [6, 6.07) is 11.9. The number of aromatic nitrogens is 2. The summed E-state index contributed by atoms with van der Waals surface area (Å²) in [5, 5.41) is 3.24. The Morgan fingerprint density at radius 1 is 1.14 bits per heavy atom. The van der Waals surface area contributed by atoms with Crippen molar-refractivity contribution in [3.63, 3.8) is 0 Å². The molecule has 1 fully saturated rings. The average molecular weight is 391 g/mol. The van der Waals surface area contributed by atoms with Crippen LogP contribution in [0.25, 0.3) is 11.0 Å². The van der Waals surface area contributed by atoms with Crippen LogP contribution in [0.1, 0.15) is 53.3 Å². The van der Waals surface area contributed by atoms with Crippen LogP contribution >= 0.6 is 0 Å². The van der Waals surface area contributed by atoms with E-state index in [-0.39, 0.29) is 11.9 Å². The molecule has 3 aromatic rings. The van der Waals surface area contributed by atoms with Gasteiger partial charge in [-0.3, -0.25) is 4.79 Å². The summed E-state index contributed by atoms with van der Waals surface area (Å²) in [6.45, 7) is 2.99. The lowest BCUT2D eigenvalue weighted by Gasteiger charge is -2.29. The van der Waals surface area contributed by atoms with Crippen molar-refractivity contribution < 1.29 is 14.3 Å². The minimum absolute atomic E-state index is 0.0465. The van der Waals surface area contributed by atoms with Gasteiger partial charge in [0, 0.05) is 17.5 Å². The van der Waals surface area contributed by atoms with Crippen LogP contribution in [0.5, 0.6) is 11.5 Å². The minimum atomic E-state index is -0.0465. The zero-order chi connectivity index (χ0) is 19.8. The average Bonchev–Trinajstić information content (AvgIpc) is 3.18. The van der Waals surface area contributed by atoms with Gasteiger partial charge in [0.05, 0.1) is 11.0 Å². The van der Waals surface area contributed by atoms with Gasteiger partial charge in [-0.15, -0.1) is 0 Å². The number of carbonyl (C=O) groups is 1. The zero-order valence-corrected chi connectivity index (χ0v) is 16.5.